The number of halogens is 1. The summed E-state index contributed by atoms with van der Waals surface area (Å²) in [5, 5.41) is 3.09. The molecule has 3 aromatic rings. The SMILES string of the molecule is Cc1ccc(S(=O)(=O)N(CC(=O)N(Cc2ccccc2)C(C)C(=O)NC(C)(C)C)c2ccccc2Cl)cc1. The minimum absolute atomic E-state index is 0.0314. The van der Waals surface area contributed by atoms with Crippen molar-refractivity contribution in [3.63, 3.8) is 0 Å². The second kappa shape index (κ2) is 12.0. The monoisotopic (exact) mass is 555 g/mol. The first-order chi connectivity index (χ1) is 17.8. The third-order valence-electron chi connectivity index (χ3n) is 5.87. The highest BCUT2D eigenvalue weighted by Gasteiger charge is 2.34. The van der Waals surface area contributed by atoms with Crippen molar-refractivity contribution in [2.45, 2.75) is 57.6 Å². The van der Waals surface area contributed by atoms with E-state index in [1.54, 1.807) is 43.3 Å². The van der Waals surface area contributed by atoms with Gasteiger partial charge in [0.25, 0.3) is 10.0 Å². The Morgan fingerprint density at radius 1 is 0.921 bits per heavy atom. The number of hydrogen-bond acceptors (Lipinski definition) is 4. The van der Waals surface area contributed by atoms with Crippen molar-refractivity contribution in [1.82, 2.24) is 10.2 Å². The van der Waals surface area contributed by atoms with Gasteiger partial charge in [-0.2, -0.15) is 0 Å². The maximum atomic E-state index is 13.9. The molecule has 3 aromatic carbocycles. The van der Waals surface area contributed by atoms with Crippen LogP contribution in [0.15, 0.2) is 83.8 Å². The first-order valence-corrected chi connectivity index (χ1v) is 14.1. The van der Waals surface area contributed by atoms with Gasteiger partial charge in [0.05, 0.1) is 15.6 Å². The molecule has 0 heterocycles. The molecule has 3 rings (SSSR count). The van der Waals surface area contributed by atoms with Crippen molar-refractivity contribution in [1.29, 1.82) is 0 Å². The van der Waals surface area contributed by atoms with Gasteiger partial charge in [-0.05, 0) is 64.4 Å². The number of anilines is 1. The van der Waals surface area contributed by atoms with Crippen molar-refractivity contribution in [2.24, 2.45) is 0 Å². The summed E-state index contributed by atoms with van der Waals surface area (Å²) >= 11 is 6.42. The van der Waals surface area contributed by atoms with Crippen LogP contribution in [0.4, 0.5) is 5.69 Å². The van der Waals surface area contributed by atoms with E-state index in [2.05, 4.69) is 5.32 Å². The first-order valence-electron chi connectivity index (χ1n) is 12.3. The lowest BCUT2D eigenvalue weighted by Gasteiger charge is -2.33. The van der Waals surface area contributed by atoms with E-state index < -0.39 is 34.1 Å². The molecule has 1 atom stereocenters. The van der Waals surface area contributed by atoms with E-state index in [1.807, 2.05) is 58.0 Å². The largest absolute Gasteiger partial charge is 0.350 e. The van der Waals surface area contributed by atoms with Gasteiger partial charge in [-0.25, -0.2) is 8.42 Å². The third kappa shape index (κ3) is 7.36. The Morgan fingerprint density at radius 3 is 2.08 bits per heavy atom. The molecular formula is C29H34ClN3O4S. The Hall–Kier alpha value is -3.36. The van der Waals surface area contributed by atoms with Gasteiger partial charge < -0.3 is 10.2 Å². The number of aryl methyl sites for hydroxylation is 1. The highest BCUT2D eigenvalue weighted by molar-refractivity contribution is 7.92. The lowest BCUT2D eigenvalue weighted by Crippen LogP contribution is -2.54. The van der Waals surface area contributed by atoms with Gasteiger partial charge >= 0.3 is 0 Å². The van der Waals surface area contributed by atoms with Crippen molar-refractivity contribution in [2.75, 3.05) is 10.8 Å². The number of sulfonamides is 1. The Morgan fingerprint density at radius 2 is 1.50 bits per heavy atom. The Bertz CT molecular complexity index is 1370. The van der Waals surface area contributed by atoms with Crippen LogP contribution in [0, 0.1) is 6.92 Å². The van der Waals surface area contributed by atoms with E-state index in [9.17, 15) is 18.0 Å². The lowest BCUT2D eigenvalue weighted by molar-refractivity contribution is -0.140. The summed E-state index contributed by atoms with van der Waals surface area (Å²) in [7, 11) is -4.17. The summed E-state index contributed by atoms with van der Waals surface area (Å²) in [6, 6.07) is 21.2. The van der Waals surface area contributed by atoms with Crippen molar-refractivity contribution < 1.29 is 18.0 Å². The molecule has 0 saturated carbocycles. The average molecular weight is 556 g/mol. The van der Waals surface area contributed by atoms with Crippen LogP contribution in [0.5, 0.6) is 0 Å². The van der Waals surface area contributed by atoms with Crippen LogP contribution in [-0.4, -0.2) is 43.3 Å². The number of hydrogen-bond donors (Lipinski definition) is 1. The molecule has 0 saturated heterocycles. The molecule has 9 heteroatoms. The van der Waals surface area contributed by atoms with Crippen LogP contribution in [0.2, 0.25) is 5.02 Å². The van der Waals surface area contributed by atoms with Gasteiger partial charge in [-0.3, -0.25) is 13.9 Å². The predicted octanol–water partition coefficient (Wildman–Crippen LogP) is 5.18. The van der Waals surface area contributed by atoms with Crippen LogP contribution in [-0.2, 0) is 26.2 Å². The molecule has 1 N–H and O–H groups in total. The second-order valence-electron chi connectivity index (χ2n) is 10.2. The molecule has 1 unspecified atom stereocenters. The van der Waals surface area contributed by atoms with Gasteiger partial charge in [-0.15, -0.1) is 0 Å². The van der Waals surface area contributed by atoms with Crippen LogP contribution in [0.1, 0.15) is 38.8 Å². The van der Waals surface area contributed by atoms with E-state index in [1.165, 1.54) is 17.0 Å². The molecule has 202 valence electrons. The number of nitrogens with one attached hydrogen (secondary N) is 1. The standard InChI is InChI=1S/C29H34ClN3O4S/c1-21-15-17-24(18-16-21)38(36,37)33(26-14-10-9-13-25(26)30)20-27(34)32(19-23-11-7-6-8-12-23)22(2)28(35)31-29(3,4)5/h6-18,22H,19-20H2,1-5H3,(H,31,35). The zero-order valence-electron chi connectivity index (χ0n) is 22.3. The van der Waals surface area contributed by atoms with Gasteiger partial charge in [0, 0.05) is 12.1 Å². The van der Waals surface area contributed by atoms with E-state index >= 15 is 0 Å². The number of carbonyl (C=O) groups is 2. The molecule has 0 radical (unpaired) electrons. The summed E-state index contributed by atoms with van der Waals surface area (Å²) in [4.78, 5) is 28.4. The smallest absolute Gasteiger partial charge is 0.264 e. The summed E-state index contributed by atoms with van der Waals surface area (Å²) in [5.74, 6) is -0.881. The molecule has 0 bridgehead atoms. The van der Waals surface area contributed by atoms with Crippen LogP contribution < -0.4 is 9.62 Å². The maximum Gasteiger partial charge on any atom is 0.264 e. The molecule has 2 amide bonds. The molecule has 0 aliphatic rings. The second-order valence-corrected chi connectivity index (χ2v) is 12.5. The Kier molecular flexibility index (Phi) is 9.22. The van der Waals surface area contributed by atoms with Crippen LogP contribution in [0.25, 0.3) is 0 Å². The zero-order valence-corrected chi connectivity index (χ0v) is 23.9. The van der Waals surface area contributed by atoms with Gasteiger partial charge in [0.2, 0.25) is 11.8 Å². The summed E-state index contributed by atoms with van der Waals surface area (Å²) in [5.41, 5.74) is 1.37. The van der Waals surface area contributed by atoms with E-state index in [-0.39, 0.29) is 28.1 Å². The molecule has 7 nitrogen and oxygen atoms in total. The Labute approximate surface area is 230 Å². The number of rotatable bonds is 9. The fourth-order valence-electron chi connectivity index (χ4n) is 3.84. The summed E-state index contributed by atoms with van der Waals surface area (Å²) in [6.07, 6.45) is 0. The van der Waals surface area contributed by atoms with Crippen molar-refractivity contribution in [3.8, 4) is 0 Å². The molecule has 0 aliphatic heterocycles. The lowest BCUT2D eigenvalue weighted by atomic mass is 10.1. The fourth-order valence-corrected chi connectivity index (χ4v) is 5.56. The molecule has 0 fully saturated rings. The minimum atomic E-state index is -4.17. The van der Waals surface area contributed by atoms with Crippen molar-refractivity contribution >= 4 is 39.1 Å². The molecule has 0 aromatic heterocycles. The highest BCUT2D eigenvalue weighted by atomic mass is 35.5. The fraction of sp³-hybridized carbons (Fsp3) is 0.310. The molecule has 0 spiro atoms. The van der Waals surface area contributed by atoms with Crippen molar-refractivity contribution in [3.05, 3.63) is 95.0 Å². The van der Waals surface area contributed by atoms with E-state index in [4.69, 9.17) is 11.6 Å². The predicted molar refractivity (Wildman–Crippen MR) is 152 cm³/mol. The summed E-state index contributed by atoms with van der Waals surface area (Å²) < 4.78 is 28.7. The quantitative estimate of drug-likeness (QED) is 0.394. The van der Waals surface area contributed by atoms with Gasteiger partial charge in [-0.1, -0.05) is 71.8 Å². The van der Waals surface area contributed by atoms with E-state index in [0.717, 1.165) is 15.4 Å². The van der Waals surface area contributed by atoms with Crippen LogP contribution >= 0.6 is 11.6 Å². The molecule has 0 aliphatic carbocycles. The minimum Gasteiger partial charge on any atom is -0.350 e. The third-order valence-corrected chi connectivity index (χ3v) is 7.96. The molecular weight excluding hydrogens is 522 g/mol. The van der Waals surface area contributed by atoms with E-state index in [0.29, 0.717) is 0 Å². The molecule has 38 heavy (non-hydrogen) atoms. The number of para-hydroxylation sites is 1. The average Bonchev–Trinajstić information content (AvgIpc) is 2.85. The first kappa shape index (κ1) is 29.2. The number of amides is 2. The van der Waals surface area contributed by atoms with Crippen LogP contribution in [0.3, 0.4) is 0 Å². The normalized spacial score (nSPS) is 12.5. The number of nitrogens with zero attached hydrogens (tertiary/aromatic N) is 2. The topological polar surface area (TPSA) is 86.8 Å². The highest BCUT2D eigenvalue weighted by Crippen LogP contribution is 2.31. The van der Waals surface area contributed by atoms with Gasteiger partial charge in [0.15, 0.2) is 0 Å². The zero-order chi connectivity index (χ0) is 28.1. The maximum absolute atomic E-state index is 13.9. The summed E-state index contributed by atoms with van der Waals surface area (Å²) in [6.45, 7) is 8.64. The van der Waals surface area contributed by atoms with Gasteiger partial charge in [0.1, 0.15) is 12.6 Å². The number of carbonyl (C=O) groups excluding carboxylic acids is 2. The Balaban J connectivity index is 2.04. The number of benzene rings is 3.